The van der Waals surface area contributed by atoms with Gasteiger partial charge in [0.15, 0.2) is 5.69 Å². The lowest BCUT2D eigenvalue weighted by molar-refractivity contribution is -0.138. The minimum atomic E-state index is -4.83. The van der Waals surface area contributed by atoms with E-state index in [1.807, 2.05) is 4.90 Å². The van der Waals surface area contributed by atoms with Crippen LogP contribution in [0.2, 0.25) is 0 Å². The number of halogens is 3. The molecule has 5 heterocycles. The molecule has 1 unspecified atom stereocenters. The van der Waals surface area contributed by atoms with Crippen LogP contribution in [0.15, 0.2) is 42.9 Å². The van der Waals surface area contributed by atoms with Crippen molar-refractivity contribution < 1.29 is 37.1 Å². The molecule has 3 aromatic rings. The quantitative estimate of drug-likeness (QED) is 0.306. The lowest BCUT2D eigenvalue weighted by Crippen LogP contribution is -2.49. The van der Waals surface area contributed by atoms with Crippen LogP contribution >= 0.6 is 0 Å². The normalized spacial score (nSPS) is 18.2. The summed E-state index contributed by atoms with van der Waals surface area (Å²) in [5.41, 5.74) is -2.03. The Morgan fingerprint density at radius 3 is 2.51 bits per heavy atom. The van der Waals surface area contributed by atoms with Gasteiger partial charge in [0.05, 0.1) is 46.3 Å². The molecule has 2 aromatic heterocycles. The van der Waals surface area contributed by atoms with Gasteiger partial charge in [-0.2, -0.15) is 23.5 Å². The van der Waals surface area contributed by atoms with Crippen LogP contribution in [-0.2, 0) is 26.1 Å². The monoisotopic (exact) mass is 672 g/mol. The first kappa shape index (κ1) is 32.9. The second-order valence-electron chi connectivity index (χ2n) is 12.3. The van der Waals surface area contributed by atoms with Crippen LogP contribution in [0.1, 0.15) is 70.6 Å². The molecule has 0 bridgehead atoms. The number of pyridine rings is 1. The van der Waals surface area contributed by atoms with Crippen molar-refractivity contribution >= 4 is 40.9 Å². The van der Waals surface area contributed by atoms with Crippen molar-refractivity contribution in [3.63, 3.8) is 0 Å². The molecule has 3 aliphatic rings. The van der Waals surface area contributed by atoms with Crippen molar-refractivity contribution in [3.8, 4) is 17.9 Å². The van der Waals surface area contributed by atoms with Crippen LogP contribution in [0.3, 0.4) is 0 Å². The zero-order valence-corrected chi connectivity index (χ0v) is 26.1. The number of hydrogen-bond acceptors (Lipinski definition) is 9. The number of carbonyl (C=O) groups excluding carboxylic acids is 5. The average molecular weight is 673 g/mol. The zero-order chi connectivity index (χ0) is 35.2. The van der Waals surface area contributed by atoms with E-state index in [2.05, 4.69) is 32.6 Å². The van der Waals surface area contributed by atoms with Gasteiger partial charge in [0.1, 0.15) is 17.6 Å². The molecular formula is C33H27F3N8O5. The van der Waals surface area contributed by atoms with Gasteiger partial charge in [0.25, 0.3) is 17.7 Å². The first-order valence-electron chi connectivity index (χ1n) is 15.1. The molecule has 1 aromatic carbocycles. The van der Waals surface area contributed by atoms with Crippen molar-refractivity contribution in [1.29, 1.82) is 5.26 Å². The van der Waals surface area contributed by atoms with Crippen molar-refractivity contribution in [2.24, 2.45) is 5.92 Å². The van der Waals surface area contributed by atoms with Gasteiger partial charge in [0, 0.05) is 31.4 Å². The number of benzene rings is 1. The van der Waals surface area contributed by atoms with Gasteiger partial charge in [-0.25, -0.2) is 4.98 Å². The van der Waals surface area contributed by atoms with Gasteiger partial charge in [0.2, 0.25) is 11.8 Å². The maximum absolute atomic E-state index is 13.3. The molecular weight excluding hydrogens is 645 g/mol. The Kier molecular flexibility index (Phi) is 8.19. The van der Waals surface area contributed by atoms with Crippen LogP contribution in [0.25, 0.3) is 0 Å². The van der Waals surface area contributed by atoms with Crippen molar-refractivity contribution in [2.45, 2.75) is 50.9 Å². The molecule has 0 radical (unpaired) electrons. The van der Waals surface area contributed by atoms with Crippen molar-refractivity contribution in [3.05, 3.63) is 70.8 Å². The van der Waals surface area contributed by atoms with E-state index in [0.29, 0.717) is 36.8 Å². The van der Waals surface area contributed by atoms with E-state index < -0.39 is 58.6 Å². The summed E-state index contributed by atoms with van der Waals surface area (Å²) in [5.74, 6) is 3.20. The molecule has 0 saturated carbocycles. The molecule has 49 heavy (non-hydrogen) atoms. The highest BCUT2D eigenvalue weighted by Crippen LogP contribution is 2.34. The van der Waals surface area contributed by atoms with E-state index in [1.54, 1.807) is 24.4 Å². The molecule has 2 N–H and O–H groups in total. The topological polar surface area (TPSA) is 170 Å². The standard InChI is InChI=1S/C33H27F3N8O5/c1-32(2,31(49)40-20-10-24(33(34,35)36)25(12-37)38-14-20)43-17-18(13-39-43)6-7-19-15-42(16-19)21-8-9-22-23(11-21)30(48)44(29(22)47)26-4-3-5-27(45)41-28(26)46/h8-11,13-14,17,19,26H,3-5,15-16H2,1-2H3,(H,40,49)(H,41,45,46). The zero-order valence-electron chi connectivity index (χ0n) is 26.1. The third-order valence-electron chi connectivity index (χ3n) is 8.60. The second kappa shape index (κ2) is 12.2. The van der Waals surface area contributed by atoms with Crippen LogP contribution < -0.4 is 15.5 Å². The molecule has 2 saturated heterocycles. The first-order chi connectivity index (χ1) is 23.2. The number of nitriles is 1. The van der Waals surface area contributed by atoms with Crippen molar-refractivity contribution in [2.75, 3.05) is 23.3 Å². The number of imide groups is 2. The summed E-state index contributed by atoms with van der Waals surface area (Å²) in [7, 11) is 0. The fraction of sp³-hybridized carbons (Fsp3) is 0.333. The summed E-state index contributed by atoms with van der Waals surface area (Å²) in [5, 5.41) is 17.8. The maximum Gasteiger partial charge on any atom is 0.419 e. The first-order valence-corrected chi connectivity index (χ1v) is 15.1. The van der Waals surface area contributed by atoms with E-state index in [1.165, 1.54) is 30.8 Å². The number of nitrogens with one attached hydrogen (secondary N) is 2. The number of anilines is 2. The minimum absolute atomic E-state index is 0.0410. The van der Waals surface area contributed by atoms with Crippen molar-refractivity contribution in [1.82, 2.24) is 25.0 Å². The predicted molar refractivity (Wildman–Crippen MR) is 164 cm³/mol. The molecule has 250 valence electrons. The highest BCUT2D eigenvalue weighted by atomic mass is 19.4. The molecule has 6 rings (SSSR count). The number of fused-ring (bicyclic) bond motifs is 1. The molecule has 16 heteroatoms. The number of alkyl halides is 3. The highest BCUT2D eigenvalue weighted by molar-refractivity contribution is 6.23. The molecule has 0 aliphatic carbocycles. The van der Waals surface area contributed by atoms with Crippen LogP contribution in [-0.4, -0.2) is 68.3 Å². The van der Waals surface area contributed by atoms with Crippen LogP contribution in [0, 0.1) is 29.1 Å². The van der Waals surface area contributed by atoms with Gasteiger partial charge in [-0.15, -0.1) is 0 Å². The summed E-state index contributed by atoms with van der Waals surface area (Å²) in [6.07, 6.45) is -0.137. The maximum atomic E-state index is 13.3. The minimum Gasteiger partial charge on any atom is -0.369 e. The number of amides is 5. The fourth-order valence-corrected chi connectivity index (χ4v) is 5.73. The van der Waals surface area contributed by atoms with E-state index in [9.17, 15) is 37.1 Å². The summed E-state index contributed by atoms with van der Waals surface area (Å²) in [6, 6.07) is 5.89. The third-order valence-corrected chi connectivity index (χ3v) is 8.60. The average Bonchev–Trinajstić information content (AvgIpc) is 3.56. The number of rotatable bonds is 5. The SMILES string of the molecule is CC(C)(C(=O)Nc1cnc(C#N)c(C(F)(F)F)c1)n1cc(C#CC2CN(c3ccc4c(c3)C(=O)N(C3CCCC(=O)NC3=O)C4=O)C2)cn1. The van der Waals surface area contributed by atoms with Gasteiger partial charge in [-0.1, -0.05) is 11.8 Å². The van der Waals surface area contributed by atoms with Gasteiger partial charge < -0.3 is 10.2 Å². The Bertz CT molecular complexity index is 2030. The predicted octanol–water partition coefficient (Wildman–Crippen LogP) is 2.82. The second-order valence-corrected chi connectivity index (χ2v) is 12.3. The highest BCUT2D eigenvalue weighted by Gasteiger charge is 2.44. The Morgan fingerprint density at radius 2 is 1.80 bits per heavy atom. The third kappa shape index (κ3) is 6.20. The number of nitrogens with zero attached hydrogens (tertiary/aromatic N) is 6. The number of carbonyl (C=O) groups is 5. The van der Waals surface area contributed by atoms with E-state index in [0.717, 1.165) is 11.1 Å². The van der Waals surface area contributed by atoms with E-state index in [4.69, 9.17) is 5.26 Å². The molecule has 1 atom stereocenters. The molecule has 3 aliphatic heterocycles. The Hall–Kier alpha value is -6.03. The van der Waals surface area contributed by atoms with E-state index >= 15 is 0 Å². The van der Waals surface area contributed by atoms with E-state index in [-0.39, 0.29) is 35.6 Å². The largest absolute Gasteiger partial charge is 0.419 e. The van der Waals surface area contributed by atoms with Crippen LogP contribution in [0.4, 0.5) is 24.5 Å². The fourth-order valence-electron chi connectivity index (χ4n) is 5.73. The molecule has 0 spiro atoms. The summed E-state index contributed by atoms with van der Waals surface area (Å²) in [6.45, 7) is 4.12. The van der Waals surface area contributed by atoms with Gasteiger partial charge >= 0.3 is 6.18 Å². The Balaban J connectivity index is 1.08. The lowest BCUT2D eigenvalue weighted by Gasteiger charge is -2.38. The lowest BCUT2D eigenvalue weighted by atomic mass is 9.98. The van der Waals surface area contributed by atoms with Gasteiger partial charge in [-0.3, -0.25) is 38.9 Å². The number of aromatic nitrogens is 3. The Labute approximate surface area is 277 Å². The molecule has 13 nitrogen and oxygen atoms in total. The molecule has 5 amide bonds. The smallest absolute Gasteiger partial charge is 0.369 e. The summed E-state index contributed by atoms with van der Waals surface area (Å²) in [4.78, 5) is 70.0. The molecule has 2 fully saturated rings. The number of hydrogen-bond donors (Lipinski definition) is 2. The summed E-state index contributed by atoms with van der Waals surface area (Å²) < 4.78 is 41.3. The van der Waals surface area contributed by atoms with Crippen LogP contribution in [0.5, 0.6) is 0 Å². The Morgan fingerprint density at radius 1 is 1.06 bits per heavy atom. The summed E-state index contributed by atoms with van der Waals surface area (Å²) >= 11 is 0. The van der Waals surface area contributed by atoms with Gasteiger partial charge in [-0.05, 0) is 51.0 Å².